The predicted octanol–water partition coefficient (Wildman–Crippen LogP) is 13.4. The summed E-state index contributed by atoms with van der Waals surface area (Å²) in [6, 6.07) is 68.1. The SMILES string of the molecule is c1ccc(-c2cc(-c3ccccc3)cc(-c3ccc4c(c3)-c3ccc(-c5cccc6oc7ccccc7c56)cc3CN(c3ccccc3)C4)c2)cc1. The zero-order valence-electron chi connectivity index (χ0n) is 28.7. The molecule has 0 radical (unpaired) electrons. The summed E-state index contributed by atoms with van der Waals surface area (Å²) >= 11 is 0. The Balaban J connectivity index is 1.15. The van der Waals surface area contributed by atoms with Gasteiger partial charge in [0.1, 0.15) is 11.2 Å². The van der Waals surface area contributed by atoms with Crippen LogP contribution in [-0.2, 0) is 13.1 Å². The van der Waals surface area contributed by atoms with Crippen LogP contribution < -0.4 is 4.90 Å². The molecule has 1 aliphatic heterocycles. The van der Waals surface area contributed by atoms with Gasteiger partial charge in [0.2, 0.25) is 0 Å². The van der Waals surface area contributed by atoms with Gasteiger partial charge in [-0.15, -0.1) is 0 Å². The third-order valence-electron chi connectivity index (χ3n) is 10.5. The van der Waals surface area contributed by atoms with E-state index in [0.717, 1.165) is 29.6 Å². The largest absolute Gasteiger partial charge is 0.456 e. The van der Waals surface area contributed by atoms with Gasteiger partial charge in [-0.3, -0.25) is 0 Å². The topological polar surface area (TPSA) is 16.4 Å². The van der Waals surface area contributed by atoms with Crippen LogP contribution in [0.2, 0.25) is 0 Å². The number of rotatable bonds is 5. The van der Waals surface area contributed by atoms with Crippen molar-refractivity contribution >= 4 is 27.6 Å². The molecule has 0 saturated heterocycles. The fraction of sp³-hybridized carbons (Fsp3) is 0.0400. The molecule has 0 unspecified atom stereocenters. The molecular weight excluding hydrogens is 631 g/mol. The Bertz CT molecular complexity index is 2670. The van der Waals surface area contributed by atoms with Gasteiger partial charge in [-0.05, 0) is 121 Å². The minimum absolute atomic E-state index is 0.807. The Morgan fingerprint density at radius 1 is 0.346 bits per heavy atom. The minimum atomic E-state index is 0.807. The number of nitrogens with zero attached hydrogens (tertiary/aromatic N) is 1. The van der Waals surface area contributed by atoms with E-state index in [1.54, 1.807) is 0 Å². The first-order valence-corrected chi connectivity index (χ1v) is 18.0. The normalized spacial score (nSPS) is 12.4. The van der Waals surface area contributed by atoms with Crippen LogP contribution in [0.25, 0.3) is 77.6 Å². The lowest BCUT2D eigenvalue weighted by molar-refractivity contribution is 0.669. The highest BCUT2D eigenvalue weighted by molar-refractivity contribution is 6.12. The molecule has 0 fully saturated rings. The van der Waals surface area contributed by atoms with Crippen molar-refractivity contribution in [2.75, 3.05) is 4.90 Å². The second-order valence-corrected chi connectivity index (χ2v) is 13.7. The smallest absolute Gasteiger partial charge is 0.136 e. The third-order valence-corrected chi connectivity index (χ3v) is 10.5. The Hall–Kier alpha value is -6.64. The van der Waals surface area contributed by atoms with Crippen molar-refractivity contribution in [2.45, 2.75) is 13.1 Å². The van der Waals surface area contributed by atoms with Crippen LogP contribution in [0.15, 0.2) is 192 Å². The molecule has 1 aromatic heterocycles. The van der Waals surface area contributed by atoms with Gasteiger partial charge in [-0.25, -0.2) is 0 Å². The van der Waals surface area contributed by atoms with Crippen LogP contribution in [0.5, 0.6) is 0 Å². The lowest BCUT2D eigenvalue weighted by Gasteiger charge is -2.24. The molecular formula is C50H35NO. The van der Waals surface area contributed by atoms with Crippen molar-refractivity contribution in [3.8, 4) is 55.6 Å². The molecule has 9 aromatic rings. The van der Waals surface area contributed by atoms with Crippen molar-refractivity contribution in [3.05, 3.63) is 199 Å². The van der Waals surface area contributed by atoms with Gasteiger partial charge in [0.25, 0.3) is 0 Å². The van der Waals surface area contributed by atoms with Crippen molar-refractivity contribution in [2.24, 2.45) is 0 Å². The number of hydrogen-bond acceptors (Lipinski definition) is 2. The van der Waals surface area contributed by atoms with Crippen molar-refractivity contribution in [3.63, 3.8) is 0 Å². The fourth-order valence-corrected chi connectivity index (χ4v) is 7.99. The Morgan fingerprint density at radius 2 is 0.942 bits per heavy atom. The Morgan fingerprint density at radius 3 is 1.67 bits per heavy atom. The van der Waals surface area contributed by atoms with E-state index < -0.39 is 0 Å². The maximum Gasteiger partial charge on any atom is 0.136 e. The van der Waals surface area contributed by atoms with Gasteiger partial charge in [0.05, 0.1) is 0 Å². The molecule has 1 aliphatic rings. The summed E-state index contributed by atoms with van der Waals surface area (Å²) < 4.78 is 6.29. The van der Waals surface area contributed by atoms with Crippen molar-refractivity contribution in [1.82, 2.24) is 0 Å². The van der Waals surface area contributed by atoms with Crippen LogP contribution in [0.3, 0.4) is 0 Å². The summed E-state index contributed by atoms with van der Waals surface area (Å²) in [7, 11) is 0. The first-order chi connectivity index (χ1) is 25.7. The van der Waals surface area contributed by atoms with E-state index >= 15 is 0 Å². The van der Waals surface area contributed by atoms with Gasteiger partial charge in [-0.1, -0.05) is 133 Å². The number of para-hydroxylation sites is 2. The second-order valence-electron chi connectivity index (χ2n) is 13.7. The van der Waals surface area contributed by atoms with Crippen molar-refractivity contribution in [1.29, 1.82) is 0 Å². The molecule has 0 bridgehead atoms. The Labute approximate surface area is 303 Å². The summed E-state index contributed by atoms with van der Waals surface area (Å²) in [6.45, 7) is 1.63. The monoisotopic (exact) mass is 665 g/mol. The average Bonchev–Trinajstić information content (AvgIpc) is 3.52. The van der Waals surface area contributed by atoms with E-state index in [9.17, 15) is 0 Å². The minimum Gasteiger partial charge on any atom is -0.456 e. The number of benzene rings is 8. The molecule has 2 heteroatoms. The zero-order valence-corrected chi connectivity index (χ0v) is 28.7. The molecule has 0 saturated carbocycles. The number of anilines is 1. The van der Waals surface area contributed by atoms with E-state index in [4.69, 9.17) is 4.42 Å². The summed E-state index contributed by atoms with van der Waals surface area (Å²) in [6.07, 6.45) is 0. The molecule has 0 amide bonds. The summed E-state index contributed by atoms with van der Waals surface area (Å²) in [5, 5.41) is 2.32. The lowest BCUT2D eigenvalue weighted by atomic mass is 9.89. The summed E-state index contributed by atoms with van der Waals surface area (Å²) in [5.74, 6) is 0. The maximum absolute atomic E-state index is 6.29. The number of fused-ring (bicyclic) bond motifs is 6. The first-order valence-electron chi connectivity index (χ1n) is 18.0. The number of furan rings is 1. The average molecular weight is 666 g/mol. The highest BCUT2D eigenvalue weighted by atomic mass is 16.3. The quantitative estimate of drug-likeness (QED) is 0.182. The molecule has 10 rings (SSSR count). The molecule has 2 nitrogen and oxygen atoms in total. The lowest BCUT2D eigenvalue weighted by Crippen LogP contribution is -2.20. The molecule has 8 aromatic carbocycles. The van der Waals surface area contributed by atoms with Crippen LogP contribution in [0, 0.1) is 0 Å². The first kappa shape index (κ1) is 30.2. The number of hydrogen-bond donors (Lipinski definition) is 0. The maximum atomic E-state index is 6.29. The van der Waals surface area contributed by atoms with Gasteiger partial charge in [0, 0.05) is 29.5 Å². The van der Waals surface area contributed by atoms with E-state index in [0.29, 0.717) is 0 Å². The van der Waals surface area contributed by atoms with E-state index in [1.807, 2.05) is 6.07 Å². The van der Waals surface area contributed by atoms with Gasteiger partial charge >= 0.3 is 0 Å². The molecule has 0 spiro atoms. The molecule has 2 heterocycles. The van der Waals surface area contributed by atoms with E-state index in [2.05, 4.69) is 187 Å². The van der Waals surface area contributed by atoms with Gasteiger partial charge < -0.3 is 9.32 Å². The molecule has 0 atom stereocenters. The molecule has 52 heavy (non-hydrogen) atoms. The van der Waals surface area contributed by atoms with Crippen LogP contribution in [-0.4, -0.2) is 0 Å². The highest BCUT2D eigenvalue weighted by Gasteiger charge is 2.22. The Kier molecular flexibility index (Phi) is 7.32. The van der Waals surface area contributed by atoms with E-state index in [-0.39, 0.29) is 0 Å². The third kappa shape index (κ3) is 5.37. The van der Waals surface area contributed by atoms with Crippen molar-refractivity contribution < 1.29 is 4.42 Å². The summed E-state index contributed by atoms with van der Waals surface area (Å²) in [5.41, 5.74) is 18.0. The molecule has 0 aliphatic carbocycles. The van der Waals surface area contributed by atoms with Gasteiger partial charge in [-0.2, -0.15) is 0 Å². The fourth-order valence-electron chi connectivity index (χ4n) is 7.99. The zero-order chi connectivity index (χ0) is 34.4. The van der Waals surface area contributed by atoms with Crippen LogP contribution >= 0.6 is 0 Å². The standard InChI is InChI=1S/C50H35NO/c1-4-13-34(14-5-1)39-28-40(35-15-6-2-7-16-35)30-41(29-39)36-23-24-38-32-51(43-17-8-3-9-18-43)33-42-27-37(25-26-44(42)47(38)31-36)45-20-12-22-49-50(45)46-19-10-11-21-48(46)52-49/h1-31H,32-33H2. The molecule has 0 N–H and O–H groups in total. The predicted molar refractivity (Wildman–Crippen MR) is 217 cm³/mol. The molecule has 246 valence electrons. The van der Waals surface area contributed by atoms with Gasteiger partial charge in [0.15, 0.2) is 0 Å². The highest BCUT2D eigenvalue weighted by Crippen LogP contribution is 2.42. The summed E-state index contributed by atoms with van der Waals surface area (Å²) in [4.78, 5) is 2.51. The van der Waals surface area contributed by atoms with Crippen LogP contribution in [0.1, 0.15) is 11.1 Å². The van der Waals surface area contributed by atoms with E-state index in [1.165, 1.54) is 77.8 Å². The van der Waals surface area contributed by atoms with Crippen LogP contribution in [0.4, 0.5) is 5.69 Å². The second kappa shape index (κ2) is 12.6.